The van der Waals surface area contributed by atoms with E-state index in [1.807, 2.05) is 4.90 Å². The van der Waals surface area contributed by atoms with Gasteiger partial charge in [0.1, 0.15) is 0 Å². The summed E-state index contributed by atoms with van der Waals surface area (Å²) >= 11 is 0. The van der Waals surface area contributed by atoms with Crippen LogP contribution in [0.5, 0.6) is 0 Å². The fourth-order valence-corrected chi connectivity index (χ4v) is 3.08. The first kappa shape index (κ1) is 12.8. The highest BCUT2D eigenvalue weighted by Crippen LogP contribution is 2.39. The first-order valence-corrected chi connectivity index (χ1v) is 7.50. The molecule has 7 nitrogen and oxygen atoms in total. The zero-order chi connectivity index (χ0) is 14.6. The van der Waals surface area contributed by atoms with Gasteiger partial charge < -0.3 is 14.3 Å². The van der Waals surface area contributed by atoms with Crippen LogP contribution in [0.25, 0.3) is 0 Å². The lowest BCUT2D eigenvalue weighted by molar-refractivity contribution is -0.142. The number of carbonyl (C=O) groups is 2. The molecule has 1 aliphatic carbocycles. The second-order valence-electron chi connectivity index (χ2n) is 6.29. The van der Waals surface area contributed by atoms with Crippen LogP contribution >= 0.6 is 0 Å². The third kappa shape index (κ3) is 2.20. The van der Waals surface area contributed by atoms with E-state index in [9.17, 15) is 9.59 Å². The maximum absolute atomic E-state index is 12.2. The number of likely N-dealkylation sites (tertiary alicyclic amines) is 2. The maximum atomic E-state index is 12.2. The molecule has 0 bridgehead atoms. The predicted octanol–water partition coefficient (Wildman–Crippen LogP) is 0.494. The van der Waals surface area contributed by atoms with E-state index in [2.05, 4.69) is 10.1 Å². The fourth-order valence-electron chi connectivity index (χ4n) is 3.08. The van der Waals surface area contributed by atoms with E-state index in [1.54, 1.807) is 11.8 Å². The van der Waals surface area contributed by atoms with Gasteiger partial charge in [0.25, 0.3) is 0 Å². The van der Waals surface area contributed by atoms with Gasteiger partial charge in [-0.15, -0.1) is 0 Å². The Hall–Kier alpha value is -1.92. The summed E-state index contributed by atoms with van der Waals surface area (Å²) in [5, 5.41) is 4.02. The van der Waals surface area contributed by atoms with Crippen LogP contribution in [0.1, 0.15) is 49.7 Å². The zero-order valence-corrected chi connectivity index (χ0v) is 12.0. The molecule has 21 heavy (non-hydrogen) atoms. The van der Waals surface area contributed by atoms with Crippen LogP contribution in [-0.2, 0) is 9.59 Å². The first-order chi connectivity index (χ1) is 10.1. The Morgan fingerprint density at radius 3 is 2.67 bits per heavy atom. The Bertz CT molecular complexity index is 589. The van der Waals surface area contributed by atoms with E-state index in [4.69, 9.17) is 4.52 Å². The molecule has 3 heterocycles. The van der Waals surface area contributed by atoms with E-state index in [0.29, 0.717) is 37.9 Å². The molecule has 1 atom stereocenters. The molecule has 7 heteroatoms. The van der Waals surface area contributed by atoms with Crippen LogP contribution in [0.15, 0.2) is 4.52 Å². The SMILES string of the molecule is CC(=O)N1CC(N2CC(c3nc(C4CC4)no3)CC2=O)C1. The molecular formula is C14H18N4O3. The van der Waals surface area contributed by atoms with Crippen molar-refractivity contribution in [1.82, 2.24) is 19.9 Å². The number of amides is 2. The van der Waals surface area contributed by atoms with E-state index < -0.39 is 0 Å². The van der Waals surface area contributed by atoms with Crippen molar-refractivity contribution >= 4 is 11.8 Å². The zero-order valence-electron chi connectivity index (χ0n) is 12.0. The lowest BCUT2D eigenvalue weighted by Gasteiger charge is -2.43. The highest BCUT2D eigenvalue weighted by molar-refractivity contribution is 5.81. The van der Waals surface area contributed by atoms with E-state index in [-0.39, 0.29) is 23.8 Å². The quantitative estimate of drug-likeness (QED) is 0.809. The van der Waals surface area contributed by atoms with Crippen molar-refractivity contribution in [2.75, 3.05) is 19.6 Å². The van der Waals surface area contributed by atoms with E-state index in [0.717, 1.165) is 18.7 Å². The lowest BCUT2D eigenvalue weighted by Crippen LogP contribution is -2.60. The van der Waals surface area contributed by atoms with Crippen molar-refractivity contribution in [3.8, 4) is 0 Å². The lowest BCUT2D eigenvalue weighted by atomic mass is 10.1. The molecule has 2 aliphatic heterocycles. The maximum Gasteiger partial charge on any atom is 0.232 e. The third-order valence-electron chi connectivity index (χ3n) is 4.66. The minimum Gasteiger partial charge on any atom is -0.339 e. The molecule has 4 rings (SSSR count). The van der Waals surface area contributed by atoms with Crippen molar-refractivity contribution in [3.63, 3.8) is 0 Å². The molecule has 112 valence electrons. The Labute approximate surface area is 122 Å². The van der Waals surface area contributed by atoms with Gasteiger partial charge in [-0.3, -0.25) is 9.59 Å². The molecule has 1 aromatic heterocycles. The van der Waals surface area contributed by atoms with Gasteiger partial charge >= 0.3 is 0 Å². The van der Waals surface area contributed by atoms with Gasteiger partial charge in [-0.2, -0.15) is 4.98 Å². The van der Waals surface area contributed by atoms with Gasteiger partial charge in [0, 0.05) is 38.9 Å². The normalized spacial score (nSPS) is 26.3. The van der Waals surface area contributed by atoms with E-state index in [1.165, 1.54) is 0 Å². The monoisotopic (exact) mass is 290 g/mol. The second-order valence-corrected chi connectivity index (χ2v) is 6.29. The Kier molecular flexibility index (Phi) is 2.77. The Morgan fingerprint density at radius 2 is 2.00 bits per heavy atom. The highest BCUT2D eigenvalue weighted by atomic mass is 16.5. The van der Waals surface area contributed by atoms with Gasteiger partial charge in [0.15, 0.2) is 5.82 Å². The smallest absolute Gasteiger partial charge is 0.232 e. The molecule has 0 aromatic carbocycles. The fraction of sp³-hybridized carbons (Fsp3) is 0.714. The summed E-state index contributed by atoms with van der Waals surface area (Å²) in [7, 11) is 0. The minimum absolute atomic E-state index is 0.00359. The standard InChI is InChI=1S/C14H18N4O3/c1-8(19)17-6-11(7-17)18-5-10(4-12(18)20)14-15-13(16-21-14)9-2-3-9/h9-11H,2-7H2,1H3. The van der Waals surface area contributed by atoms with Crippen molar-refractivity contribution in [2.45, 2.75) is 44.1 Å². The molecule has 0 N–H and O–H groups in total. The summed E-state index contributed by atoms with van der Waals surface area (Å²) in [6.45, 7) is 3.47. The van der Waals surface area contributed by atoms with Gasteiger partial charge in [-0.05, 0) is 12.8 Å². The largest absolute Gasteiger partial charge is 0.339 e. The Morgan fingerprint density at radius 1 is 1.24 bits per heavy atom. The van der Waals surface area contributed by atoms with Crippen molar-refractivity contribution in [2.24, 2.45) is 0 Å². The van der Waals surface area contributed by atoms with Gasteiger partial charge in [-0.25, -0.2) is 0 Å². The van der Waals surface area contributed by atoms with Crippen LogP contribution in [0.3, 0.4) is 0 Å². The molecule has 2 amide bonds. The topological polar surface area (TPSA) is 79.5 Å². The molecule has 0 radical (unpaired) electrons. The number of aromatic nitrogens is 2. The summed E-state index contributed by atoms with van der Waals surface area (Å²) in [6.07, 6.45) is 2.71. The summed E-state index contributed by atoms with van der Waals surface area (Å²) < 4.78 is 5.33. The van der Waals surface area contributed by atoms with Crippen molar-refractivity contribution in [3.05, 3.63) is 11.7 Å². The third-order valence-corrected chi connectivity index (χ3v) is 4.66. The molecule has 3 aliphatic rings. The van der Waals surface area contributed by atoms with Gasteiger partial charge in [0.2, 0.25) is 17.7 Å². The summed E-state index contributed by atoms with van der Waals surface area (Å²) in [4.78, 5) is 31.4. The van der Waals surface area contributed by atoms with Gasteiger partial charge in [-0.1, -0.05) is 5.16 Å². The Balaban J connectivity index is 1.40. The summed E-state index contributed by atoms with van der Waals surface area (Å²) in [6, 6.07) is 0.150. The average Bonchev–Trinajstić information content (AvgIpc) is 2.99. The molecule has 1 aromatic rings. The number of nitrogens with zero attached hydrogens (tertiary/aromatic N) is 4. The molecule has 1 saturated carbocycles. The van der Waals surface area contributed by atoms with Crippen LogP contribution < -0.4 is 0 Å². The number of hydrogen-bond acceptors (Lipinski definition) is 5. The van der Waals surface area contributed by atoms with Crippen molar-refractivity contribution < 1.29 is 14.1 Å². The molecule has 2 saturated heterocycles. The minimum atomic E-state index is 0.00359. The predicted molar refractivity (Wildman–Crippen MR) is 71.4 cm³/mol. The van der Waals surface area contributed by atoms with E-state index >= 15 is 0 Å². The highest BCUT2D eigenvalue weighted by Gasteiger charge is 2.43. The van der Waals surface area contributed by atoms with Crippen LogP contribution in [0, 0.1) is 0 Å². The molecule has 0 spiro atoms. The molecule has 1 unspecified atom stereocenters. The van der Waals surface area contributed by atoms with Gasteiger partial charge in [0.05, 0.1) is 12.0 Å². The van der Waals surface area contributed by atoms with Crippen molar-refractivity contribution in [1.29, 1.82) is 0 Å². The second kappa shape index (κ2) is 4.54. The molecular weight excluding hydrogens is 272 g/mol. The molecule has 3 fully saturated rings. The van der Waals surface area contributed by atoms with Crippen LogP contribution in [0.4, 0.5) is 0 Å². The number of hydrogen-bond donors (Lipinski definition) is 0. The van der Waals surface area contributed by atoms with Crippen LogP contribution in [-0.4, -0.2) is 57.4 Å². The van der Waals surface area contributed by atoms with Crippen LogP contribution in [0.2, 0.25) is 0 Å². The first-order valence-electron chi connectivity index (χ1n) is 7.50. The number of carbonyl (C=O) groups excluding carboxylic acids is 2. The average molecular weight is 290 g/mol. The summed E-state index contributed by atoms with van der Waals surface area (Å²) in [5.74, 6) is 2.05. The number of rotatable bonds is 3. The summed E-state index contributed by atoms with van der Waals surface area (Å²) in [5.41, 5.74) is 0.